The van der Waals surface area contributed by atoms with E-state index < -0.39 is 0 Å². The first kappa shape index (κ1) is 14.4. The van der Waals surface area contributed by atoms with Crippen LogP contribution in [0.4, 0.5) is 0 Å². The van der Waals surface area contributed by atoms with Crippen molar-refractivity contribution in [2.24, 2.45) is 5.41 Å². The second-order valence-corrected chi connectivity index (χ2v) is 6.61. The van der Waals surface area contributed by atoms with Crippen molar-refractivity contribution >= 4 is 21.8 Å². The summed E-state index contributed by atoms with van der Waals surface area (Å²) in [5, 5.41) is 3.15. The quantitative estimate of drug-likeness (QED) is 0.918. The van der Waals surface area contributed by atoms with E-state index >= 15 is 0 Å². The average Bonchev–Trinajstić information content (AvgIpc) is 2.68. The van der Waals surface area contributed by atoms with Gasteiger partial charge in [-0.3, -0.25) is 4.79 Å². The van der Waals surface area contributed by atoms with Gasteiger partial charge < -0.3 is 10.1 Å². The van der Waals surface area contributed by atoms with Crippen LogP contribution in [-0.4, -0.2) is 19.1 Å². The summed E-state index contributed by atoms with van der Waals surface area (Å²) in [4.78, 5) is 12.3. The molecule has 1 fully saturated rings. The second-order valence-electron chi connectivity index (χ2n) is 5.76. The molecule has 1 saturated carbocycles. The van der Waals surface area contributed by atoms with Crippen molar-refractivity contribution < 1.29 is 9.53 Å². The van der Waals surface area contributed by atoms with E-state index in [9.17, 15) is 4.79 Å². The third-order valence-electron chi connectivity index (χ3n) is 3.98. The molecule has 0 spiro atoms. The molecule has 2 rings (SSSR count). The number of amides is 1. The number of benzene rings is 1. The summed E-state index contributed by atoms with van der Waals surface area (Å²) in [6.07, 6.45) is 3.42. The van der Waals surface area contributed by atoms with Gasteiger partial charge in [0.1, 0.15) is 5.75 Å². The molecule has 1 N–H and O–H groups in total. The lowest BCUT2D eigenvalue weighted by molar-refractivity contribution is 0.0910. The Hall–Kier alpha value is -1.03. The molecule has 1 aromatic rings. The van der Waals surface area contributed by atoms with Crippen molar-refractivity contribution in [1.29, 1.82) is 0 Å². The molecule has 4 heteroatoms. The number of methoxy groups -OCH3 is 1. The van der Waals surface area contributed by atoms with E-state index in [-0.39, 0.29) is 17.4 Å². The maximum Gasteiger partial charge on any atom is 0.251 e. The van der Waals surface area contributed by atoms with E-state index in [1.165, 1.54) is 12.8 Å². The highest BCUT2D eigenvalue weighted by Crippen LogP contribution is 2.37. The first-order chi connectivity index (χ1) is 8.94. The lowest BCUT2D eigenvalue weighted by Crippen LogP contribution is -2.41. The molecule has 0 heterocycles. The van der Waals surface area contributed by atoms with Gasteiger partial charge in [0.05, 0.1) is 11.6 Å². The highest BCUT2D eigenvalue weighted by molar-refractivity contribution is 9.10. The van der Waals surface area contributed by atoms with Crippen molar-refractivity contribution in [1.82, 2.24) is 5.32 Å². The Morgan fingerprint density at radius 3 is 2.74 bits per heavy atom. The highest BCUT2D eigenvalue weighted by atomic mass is 79.9. The summed E-state index contributed by atoms with van der Waals surface area (Å²) in [6, 6.07) is 5.66. The maximum atomic E-state index is 12.3. The van der Waals surface area contributed by atoms with E-state index in [1.54, 1.807) is 25.3 Å². The van der Waals surface area contributed by atoms with Crippen LogP contribution in [0, 0.1) is 5.41 Å². The van der Waals surface area contributed by atoms with Crippen LogP contribution in [0.1, 0.15) is 43.5 Å². The number of rotatable bonds is 3. The number of carbonyl (C=O) groups is 1. The third kappa shape index (κ3) is 3.11. The van der Waals surface area contributed by atoms with Gasteiger partial charge in [0, 0.05) is 11.6 Å². The lowest BCUT2D eigenvalue weighted by Gasteiger charge is -2.27. The molecular formula is C15H20BrNO2. The molecule has 1 amide bonds. The van der Waals surface area contributed by atoms with Gasteiger partial charge in [0.2, 0.25) is 0 Å². The summed E-state index contributed by atoms with van der Waals surface area (Å²) < 4.78 is 5.97. The molecule has 0 aromatic heterocycles. The Balaban J connectivity index is 2.10. The monoisotopic (exact) mass is 325 g/mol. The molecular weight excluding hydrogens is 306 g/mol. The minimum absolute atomic E-state index is 0.0108. The fourth-order valence-corrected chi connectivity index (χ4v) is 3.18. The van der Waals surface area contributed by atoms with Crippen LogP contribution in [0.2, 0.25) is 0 Å². The molecule has 0 aliphatic heterocycles. The van der Waals surface area contributed by atoms with E-state index in [0.29, 0.717) is 5.56 Å². The Labute approximate surface area is 122 Å². The summed E-state index contributed by atoms with van der Waals surface area (Å²) in [6.45, 7) is 4.43. The molecule has 0 saturated heterocycles. The maximum absolute atomic E-state index is 12.3. The van der Waals surface area contributed by atoms with Crippen LogP contribution >= 0.6 is 15.9 Å². The van der Waals surface area contributed by atoms with Gasteiger partial charge in [0.15, 0.2) is 0 Å². The van der Waals surface area contributed by atoms with Crippen molar-refractivity contribution in [3.05, 3.63) is 28.2 Å². The van der Waals surface area contributed by atoms with E-state index in [2.05, 4.69) is 35.1 Å². The van der Waals surface area contributed by atoms with Gasteiger partial charge in [0.25, 0.3) is 5.91 Å². The van der Waals surface area contributed by atoms with Gasteiger partial charge in [-0.25, -0.2) is 0 Å². The van der Waals surface area contributed by atoms with Gasteiger partial charge in [-0.2, -0.15) is 0 Å². The second kappa shape index (κ2) is 5.53. The zero-order chi connectivity index (χ0) is 14.0. The highest BCUT2D eigenvalue weighted by Gasteiger charge is 2.35. The van der Waals surface area contributed by atoms with Gasteiger partial charge in [-0.15, -0.1) is 0 Å². The van der Waals surface area contributed by atoms with Crippen molar-refractivity contribution in [3.63, 3.8) is 0 Å². The molecule has 0 radical (unpaired) electrons. The van der Waals surface area contributed by atoms with Crippen LogP contribution in [-0.2, 0) is 0 Å². The number of hydrogen-bond donors (Lipinski definition) is 1. The van der Waals surface area contributed by atoms with Crippen LogP contribution < -0.4 is 10.1 Å². The molecule has 1 atom stereocenters. The predicted octanol–water partition coefficient (Wildman–Crippen LogP) is 3.77. The van der Waals surface area contributed by atoms with Crippen molar-refractivity contribution in [2.75, 3.05) is 7.11 Å². The van der Waals surface area contributed by atoms with Crippen LogP contribution in [0.3, 0.4) is 0 Å². The summed E-state index contributed by atoms with van der Waals surface area (Å²) in [5.41, 5.74) is 0.856. The fourth-order valence-electron chi connectivity index (χ4n) is 2.64. The molecule has 1 aliphatic carbocycles. The first-order valence-electron chi connectivity index (χ1n) is 6.58. The topological polar surface area (TPSA) is 38.3 Å². The van der Waals surface area contributed by atoms with Crippen LogP contribution in [0.25, 0.3) is 0 Å². The zero-order valence-electron chi connectivity index (χ0n) is 11.6. The van der Waals surface area contributed by atoms with Crippen molar-refractivity contribution in [3.8, 4) is 5.75 Å². The summed E-state index contributed by atoms with van der Waals surface area (Å²) in [7, 11) is 1.61. The SMILES string of the molecule is COc1ccc(C(=O)NC2CCCC2(C)C)cc1Br. The smallest absolute Gasteiger partial charge is 0.251 e. The summed E-state index contributed by atoms with van der Waals surface area (Å²) in [5.74, 6) is 0.723. The molecule has 0 bridgehead atoms. The molecule has 1 unspecified atom stereocenters. The largest absolute Gasteiger partial charge is 0.496 e. The Morgan fingerprint density at radius 1 is 1.47 bits per heavy atom. The standard InChI is InChI=1S/C15H20BrNO2/c1-15(2)8-4-5-13(15)17-14(18)10-6-7-12(19-3)11(16)9-10/h6-7,9,13H,4-5,8H2,1-3H3,(H,17,18). The number of hydrogen-bond acceptors (Lipinski definition) is 2. The van der Waals surface area contributed by atoms with E-state index in [4.69, 9.17) is 4.74 Å². The van der Waals surface area contributed by atoms with Gasteiger partial charge in [-0.1, -0.05) is 20.3 Å². The number of nitrogens with one attached hydrogen (secondary N) is 1. The number of carbonyl (C=O) groups excluding carboxylic acids is 1. The van der Waals surface area contributed by atoms with Crippen LogP contribution in [0.15, 0.2) is 22.7 Å². The average molecular weight is 326 g/mol. The van der Waals surface area contributed by atoms with Crippen molar-refractivity contribution in [2.45, 2.75) is 39.2 Å². The van der Waals surface area contributed by atoms with E-state index in [1.807, 2.05) is 0 Å². The normalized spacial score (nSPS) is 21.2. The third-order valence-corrected chi connectivity index (χ3v) is 4.60. The van der Waals surface area contributed by atoms with Gasteiger partial charge in [-0.05, 0) is 52.4 Å². The minimum Gasteiger partial charge on any atom is -0.496 e. The lowest BCUT2D eigenvalue weighted by atomic mass is 9.87. The van der Waals surface area contributed by atoms with Gasteiger partial charge >= 0.3 is 0 Å². The van der Waals surface area contributed by atoms with Crippen LogP contribution in [0.5, 0.6) is 5.75 Å². The zero-order valence-corrected chi connectivity index (χ0v) is 13.2. The minimum atomic E-state index is -0.0108. The number of halogens is 1. The first-order valence-corrected chi connectivity index (χ1v) is 7.38. The Bertz CT molecular complexity index is 485. The molecule has 19 heavy (non-hydrogen) atoms. The predicted molar refractivity (Wildman–Crippen MR) is 79.6 cm³/mol. The molecule has 3 nitrogen and oxygen atoms in total. The Morgan fingerprint density at radius 2 is 2.21 bits per heavy atom. The molecule has 104 valence electrons. The molecule has 1 aromatic carbocycles. The number of ether oxygens (including phenoxy) is 1. The summed E-state index contributed by atoms with van der Waals surface area (Å²) >= 11 is 3.41. The van der Waals surface area contributed by atoms with E-state index in [0.717, 1.165) is 16.6 Å². The molecule has 1 aliphatic rings. The fraction of sp³-hybridized carbons (Fsp3) is 0.533. The Kier molecular flexibility index (Phi) is 4.19.